The predicted octanol–water partition coefficient (Wildman–Crippen LogP) is 0.462. The molecule has 1 aliphatic heterocycles. The minimum absolute atomic E-state index is 0.0469. The molecule has 1 amide bonds. The molecule has 112 valence electrons. The molecule has 6 nitrogen and oxygen atoms in total. The molecule has 9 heteroatoms. The second kappa shape index (κ2) is 4.72. The number of rotatable bonds is 3. The van der Waals surface area contributed by atoms with E-state index in [1.165, 1.54) is 7.05 Å². The molecule has 0 saturated heterocycles. The van der Waals surface area contributed by atoms with Crippen LogP contribution in [0, 0.1) is 0 Å². The summed E-state index contributed by atoms with van der Waals surface area (Å²) in [6.07, 6.45) is -3.08. The van der Waals surface area contributed by atoms with Gasteiger partial charge >= 0.3 is 6.18 Å². The molecule has 0 spiro atoms. The van der Waals surface area contributed by atoms with E-state index in [0.29, 0.717) is 12.7 Å². The maximum atomic E-state index is 12.7. The predicted molar refractivity (Wildman–Crippen MR) is 63.5 cm³/mol. The van der Waals surface area contributed by atoms with Crippen LogP contribution in [0.1, 0.15) is 25.0 Å². The number of carbonyl (C=O) groups excluding carboxylic acids is 1. The van der Waals surface area contributed by atoms with Gasteiger partial charge in [-0.3, -0.25) is 4.79 Å². The molecule has 1 atom stereocenters. The largest absolute Gasteiger partial charge is 0.415 e. The van der Waals surface area contributed by atoms with Crippen molar-refractivity contribution in [2.75, 3.05) is 7.05 Å². The fraction of sp³-hybridized carbons (Fsp3) is 0.727. The lowest BCUT2D eigenvalue weighted by Crippen LogP contribution is -2.61. The first-order valence-electron chi connectivity index (χ1n) is 6.16. The first-order chi connectivity index (χ1) is 9.14. The number of amides is 1. The van der Waals surface area contributed by atoms with Gasteiger partial charge in [0.2, 0.25) is 0 Å². The number of likely N-dealkylation sites (N-methyl/N-ethyl adjacent to an activating group) is 1. The number of halogens is 3. The van der Waals surface area contributed by atoms with E-state index in [1.807, 2.05) is 4.57 Å². The molecule has 2 N–H and O–H groups in total. The van der Waals surface area contributed by atoms with E-state index in [2.05, 4.69) is 10.2 Å². The van der Waals surface area contributed by atoms with E-state index in [-0.39, 0.29) is 6.54 Å². The molecule has 0 aromatic carbocycles. The Labute approximate surface area is 113 Å². The van der Waals surface area contributed by atoms with Crippen LogP contribution in [-0.2, 0) is 24.3 Å². The number of alkyl halides is 3. The van der Waals surface area contributed by atoms with Gasteiger partial charge in [0.15, 0.2) is 11.4 Å². The second-order valence-corrected chi connectivity index (χ2v) is 5.15. The zero-order valence-corrected chi connectivity index (χ0v) is 11.2. The summed E-state index contributed by atoms with van der Waals surface area (Å²) in [5.74, 6) is 0.0823. The summed E-state index contributed by atoms with van der Waals surface area (Å²) in [5.41, 5.74) is 2.21. The van der Waals surface area contributed by atoms with Crippen LogP contribution in [0.15, 0.2) is 0 Å². The van der Waals surface area contributed by atoms with Gasteiger partial charge in [0.05, 0.1) is 6.54 Å². The van der Waals surface area contributed by atoms with Gasteiger partial charge in [0.25, 0.3) is 5.91 Å². The number of hydrogen-bond acceptors (Lipinski definition) is 4. The molecule has 1 unspecified atom stereocenters. The van der Waals surface area contributed by atoms with Crippen molar-refractivity contribution < 1.29 is 18.0 Å². The highest BCUT2D eigenvalue weighted by molar-refractivity contribution is 5.86. The molecule has 2 rings (SSSR count). The molecule has 1 aromatic heterocycles. The minimum atomic E-state index is -4.80. The van der Waals surface area contributed by atoms with Crippen LogP contribution in [0.2, 0.25) is 0 Å². The molecule has 1 aliphatic rings. The average molecular weight is 291 g/mol. The van der Waals surface area contributed by atoms with E-state index in [0.717, 1.165) is 30.1 Å². The molecule has 0 bridgehead atoms. The van der Waals surface area contributed by atoms with Crippen LogP contribution in [0.25, 0.3) is 0 Å². The van der Waals surface area contributed by atoms with Crippen LogP contribution in [0.4, 0.5) is 13.2 Å². The fourth-order valence-electron chi connectivity index (χ4n) is 2.13. The lowest BCUT2D eigenvalue weighted by molar-refractivity contribution is -0.193. The van der Waals surface area contributed by atoms with Crippen molar-refractivity contribution in [3.63, 3.8) is 0 Å². The number of hydrogen-bond donors (Lipinski definition) is 1. The summed E-state index contributed by atoms with van der Waals surface area (Å²) in [5, 5.41) is 7.84. The third kappa shape index (κ3) is 2.37. The number of aryl methyl sites for hydroxylation is 1. The van der Waals surface area contributed by atoms with E-state index in [1.54, 1.807) is 0 Å². The average Bonchev–Trinajstić information content (AvgIpc) is 2.91. The number of aromatic nitrogens is 3. The highest BCUT2D eigenvalue weighted by atomic mass is 19.4. The molecule has 0 radical (unpaired) electrons. The maximum Gasteiger partial charge on any atom is 0.415 e. The van der Waals surface area contributed by atoms with Gasteiger partial charge in [-0.2, -0.15) is 13.2 Å². The summed E-state index contributed by atoms with van der Waals surface area (Å²) in [6, 6.07) is 0. The summed E-state index contributed by atoms with van der Waals surface area (Å²) in [4.78, 5) is 12.8. The van der Waals surface area contributed by atoms with Crippen LogP contribution in [0.3, 0.4) is 0 Å². The maximum absolute atomic E-state index is 12.7. The van der Waals surface area contributed by atoms with Crippen molar-refractivity contribution in [2.24, 2.45) is 5.73 Å². The first-order valence-corrected chi connectivity index (χ1v) is 6.16. The Kier molecular flexibility index (Phi) is 3.49. The van der Waals surface area contributed by atoms with Gasteiger partial charge in [-0.15, -0.1) is 10.2 Å². The third-order valence-electron chi connectivity index (χ3n) is 3.44. The summed E-state index contributed by atoms with van der Waals surface area (Å²) in [7, 11) is 1.27. The Bertz CT molecular complexity index is 523. The summed E-state index contributed by atoms with van der Waals surface area (Å²) < 4.78 is 40.0. The lowest BCUT2D eigenvalue weighted by Gasteiger charge is -2.30. The topological polar surface area (TPSA) is 77.0 Å². The first kappa shape index (κ1) is 14.8. The van der Waals surface area contributed by atoms with Gasteiger partial charge in [-0.05, 0) is 13.3 Å². The number of nitrogens with two attached hydrogens (primary N) is 1. The zero-order chi connectivity index (χ0) is 15.1. The molecule has 20 heavy (non-hydrogen) atoms. The molecule has 0 fully saturated rings. The van der Waals surface area contributed by atoms with Crippen molar-refractivity contribution in [3.05, 3.63) is 11.6 Å². The molecular formula is C11H16F3N5O. The molecule has 2 heterocycles. The molecule has 1 aromatic rings. The Morgan fingerprint density at radius 2 is 2.10 bits per heavy atom. The molecule has 0 aliphatic carbocycles. The smallest absolute Gasteiger partial charge is 0.336 e. The molecule has 0 saturated carbocycles. The van der Waals surface area contributed by atoms with E-state index >= 15 is 0 Å². The Hall–Kier alpha value is -1.64. The van der Waals surface area contributed by atoms with Crippen molar-refractivity contribution in [1.29, 1.82) is 0 Å². The van der Waals surface area contributed by atoms with Crippen molar-refractivity contribution in [1.82, 2.24) is 19.7 Å². The van der Waals surface area contributed by atoms with E-state index in [4.69, 9.17) is 5.73 Å². The van der Waals surface area contributed by atoms with Crippen molar-refractivity contribution in [3.8, 4) is 0 Å². The summed E-state index contributed by atoms with van der Waals surface area (Å²) in [6.45, 7) is 1.34. The van der Waals surface area contributed by atoms with Gasteiger partial charge in [-0.1, -0.05) is 0 Å². The number of nitrogens with zero attached hydrogens (tertiary/aromatic N) is 4. The van der Waals surface area contributed by atoms with Crippen LogP contribution in [0.5, 0.6) is 0 Å². The Morgan fingerprint density at radius 1 is 1.45 bits per heavy atom. The zero-order valence-electron chi connectivity index (χ0n) is 11.2. The normalized spacial score (nSPS) is 17.7. The van der Waals surface area contributed by atoms with Gasteiger partial charge < -0.3 is 15.2 Å². The minimum Gasteiger partial charge on any atom is -0.336 e. The quantitative estimate of drug-likeness (QED) is 0.878. The summed E-state index contributed by atoms with van der Waals surface area (Å²) >= 11 is 0. The van der Waals surface area contributed by atoms with E-state index < -0.39 is 17.6 Å². The van der Waals surface area contributed by atoms with Crippen molar-refractivity contribution >= 4 is 5.91 Å². The molecular weight excluding hydrogens is 275 g/mol. The highest BCUT2D eigenvalue weighted by Gasteiger charge is 2.55. The Morgan fingerprint density at radius 3 is 2.70 bits per heavy atom. The van der Waals surface area contributed by atoms with Crippen molar-refractivity contribution in [2.45, 2.75) is 44.6 Å². The van der Waals surface area contributed by atoms with Gasteiger partial charge in [0, 0.05) is 20.0 Å². The van der Waals surface area contributed by atoms with Crippen LogP contribution >= 0.6 is 0 Å². The second-order valence-electron chi connectivity index (χ2n) is 5.15. The SMILES string of the molecule is CN(Cc1nnc2n1CCC2)C(=O)C(C)(N)C(F)(F)F. The van der Waals surface area contributed by atoms with Crippen LogP contribution in [-0.4, -0.2) is 44.3 Å². The number of carbonyl (C=O) groups is 1. The third-order valence-corrected chi connectivity index (χ3v) is 3.44. The van der Waals surface area contributed by atoms with Gasteiger partial charge in [0.1, 0.15) is 5.82 Å². The fourth-order valence-corrected chi connectivity index (χ4v) is 2.13. The van der Waals surface area contributed by atoms with Gasteiger partial charge in [-0.25, -0.2) is 0 Å². The standard InChI is InChI=1S/C11H16F3N5O/c1-10(15,11(12,13)14)9(20)18(2)6-8-17-16-7-4-3-5-19(7)8/h3-6,15H2,1-2H3. The number of fused-ring (bicyclic) bond motifs is 1. The van der Waals surface area contributed by atoms with Crippen LogP contribution < -0.4 is 5.73 Å². The van der Waals surface area contributed by atoms with E-state index in [9.17, 15) is 18.0 Å². The lowest BCUT2D eigenvalue weighted by atomic mass is 10.0. The Balaban J connectivity index is 2.12. The highest BCUT2D eigenvalue weighted by Crippen LogP contribution is 2.29. The monoisotopic (exact) mass is 291 g/mol.